The van der Waals surface area contributed by atoms with E-state index in [4.69, 9.17) is 4.42 Å². The summed E-state index contributed by atoms with van der Waals surface area (Å²) in [7, 11) is 0. The normalized spacial score (nSPS) is 15.3. The molecule has 3 heterocycles. The Labute approximate surface area is 143 Å². The highest BCUT2D eigenvalue weighted by atomic mass is 32.2. The van der Waals surface area contributed by atoms with Crippen molar-refractivity contribution in [3.8, 4) is 0 Å². The monoisotopic (exact) mass is 350 g/mol. The molecule has 0 saturated carbocycles. The topological polar surface area (TPSA) is 62.6 Å². The number of thioether (sulfide) groups is 1. The van der Waals surface area contributed by atoms with Gasteiger partial charge in [-0.05, 0) is 42.9 Å². The second-order valence-electron chi connectivity index (χ2n) is 5.31. The number of anilines is 1. The zero-order valence-corrected chi connectivity index (χ0v) is 14.5. The van der Waals surface area contributed by atoms with Crippen molar-refractivity contribution in [3.63, 3.8) is 0 Å². The Morgan fingerprint density at radius 1 is 1.30 bits per heavy atom. The molecule has 2 aromatic heterocycles. The van der Waals surface area contributed by atoms with E-state index in [-0.39, 0.29) is 17.6 Å². The zero-order chi connectivity index (χ0) is 16.2. The van der Waals surface area contributed by atoms with Crippen molar-refractivity contribution in [1.29, 1.82) is 0 Å². The highest BCUT2D eigenvalue weighted by molar-refractivity contribution is 7.99. The molecular weight excluding hydrogens is 332 g/mol. The average molecular weight is 350 g/mol. The van der Waals surface area contributed by atoms with Crippen LogP contribution in [0.2, 0.25) is 0 Å². The summed E-state index contributed by atoms with van der Waals surface area (Å²) in [5, 5.41) is 3.45. The van der Waals surface area contributed by atoms with Crippen molar-refractivity contribution < 1.29 is 14.0 Å². The first-order chi connectivity index (χ1) is 11.1. The van der Waals surface area contributed by atoms with Gasteiger partial charge in [0.25, 0.3) is 11.8 Å². The van der Waals surface area contributed by atoms with E-state index in [1.807, 2.05) is 29.7 Å². The summed E-state index contributed by atoms with van der Waals surface area (Å²) in [5.41, 5.74) is 0.895. The smallest absolute Gasteiger partial charge is 0.291 e. The molecule has 0 unspecified atom stereocenters. The van der Waals surface area contributed by atoms with Gasteiger partial charge in [0.05, 0.1) is 16.1 Å². The fraction of sp³-hybridized carbons (Fsp3) is 0.375. The number of carbonyl (C=O) groups excluding carboxylic acids is 2. The quantitative estimate of drug-likeness (QED) is 0.920. The molecular formula is C16H18N2O3S2. The Morgan fingerprint density at radius 2 is 2.17 bits per heavy atom. The number of nitrogens with zero attached hydrogens (tertiary/aromatic N) is 1. The minimum absolute atomic E-state index is 0.0634. The number of thiophene rings is 1. The maximum Gasteiger partial charge on any atom is 0.291 e. The third kappa shape index (κ3) is 3.79. The molecule has 2 aromatic rings. The van der Waals surface area contributed by atoms with Gasteiger partial charge in [0.2, 0.25) is 0 Å². The van der Waals surface area contributed by atoms with Crippen LogP contribution >= 0.6 is 23.1 Å². The van der Waals surface area contributed by atoms with Crippen molar-refractivity contribution in [1.82, 2.24) is 4.90 Å². The largest absolute Gasteiger partial charge is 0.459 e. The van der Waals surface area contributed by atoms with Crippen LogP contribution < -0.4 is 5.32 Å². The van der Waals surface area contributed by atoms with Gasteiger partial charge in [-0.15, -0.1) is 11.3 Å². The first kappa shape index (κ1) is 16.1. The Bertz CT molecular complexity index is 686. The average Bonchev–Trinajstić information content (AvgIpc) is 3.10. The molecule has 2 amide bonds. The van der Waals surface area contributed by atoms with Gasteiger partial charge >= 0.3 is 0 Å². The van der Waals surface area contributed by atoms with Crippen molar-refractivity contribution in [2.75, 3.05) is 29.9 Å². The van der Waals surface area contributed by atoms with Crippen molar-refractivity contribution in [2.45, 2.75) is 13.3 Å². The number of hydrogen-bond donors (Lipinski definition) is 1. The highest BCUT2D eigenvalue weighted by Crippen LogP contribution is 2.29. The number of rotatable bonds is 3. The van der Waals surface area contributed by atoms with E-state index in [1.165, 1.54) is 17.6 Å². The Morgan fingerprint density at radius 3 is 2.96 bits per heavy atom. The van der Waals surface area contributed by atoms with E-state index in [2.05, 4.69) is 5.32 Å². The predicted octanol–water partition coefficient (Wildman–Crippen LogP) is 3.48. The lowest BCUT2D eigenvalue weighted by molar-refractivity contribution is 0.0772. The molecule has 0 spiro atoms. The Kier molecular flexibility index (Phi) is 5.07. The van der Waals surface area contributed by atoms with Crippen LogP contribution in [0.4, 0.5) is 5.00 Å². The lowest BCUT2D eigenvalue weighted by Crippen LogP contribution is -2.32. The third-order valence-electron chi connectivity index (χ3n) is 3.60. The summed E-state index contributed by atoms with van der Waals surface area (Å²) in [6, 6.07) is 5.11. The van der Waals surface area contributed by atoms with Gasteiger partial charge in [0.1, 0.15) is 0 Å². The molecule has 1 aliphatic heterocycles. The SMILES string of the molecule is Cc1cc(NC(=O)c2ccco2)sc1C(=O)N1CCCSCC1. The van der Waals surface area contributed by atoms with E-state index >= 15 is 0 Å². The van der Waals surface area contributed by atoms with E-state index in [0.717, 1.165) is 36.6 Å². The number of amides is 2. The van der Waals surface area contributed by atoms with Crippen molar-refractivity contribution in [3.05, 3.63) is 40.7 Å². The van der Waals surface area contributed by atoms with Crippen LogP contribution in [0.25, 0.3) is 0 Å². The minimum atomic E-state index is -0.304. The molecule has 0 aromatic carbocycles. The summed E-state index contributed by atoms with van der Waals surface area (Å²) in [4.78, 5) is 27.3. The lowest BCUT2D eigenvalue weighted by atomic mass is 10.2. The van der Waals surface area contributed by atoms with E-state index in [0.29, 0.717) is 9.88 Å². The summed E-state index contributed by atoms with van der Waals surface area (Å²) in [6.45, 7) is 3.49. The minimum Gasteiger partial charge on any atom is -0.459 e. The van der Waals surface area contributed by atoms with E-state index in [1.54, 1.807) is 12.1 Å². The molecule has 3 rings (SSSR count). The zero-order valence-electron chi connectivity index (χ0n) is 12.8. The molecule has 1 aliphatic rings. The summed E-state index contributed by atoms with van der Waals surface area (Å²) >= 11 is 3.21. The first-order valence-electron chi connectivity index (χ1n) is 7.47. The number of aryl methyl sites for hydroxylation is 1. The Balaban J connectivity index is 1.72. The molecule has 23 heavy (non-hydrogen) atoms. The second-order valence-corrected chi connectivity index (χ2v) is 7.59. The van der Waals surface area contributed by atoms with Crippen LogP contribution in [0, 0.1) is 6.92 Å². The molecule has 1 saturated heterocycles. The van der Waals surface area contributed by atoms with Crippen LogP contribution in [-0.2, 0) is 0 Å². The maximum absolute atomic E-state index is 12.7. The van der Waals surface area contributed by atoms with Crippen LogP contribution in [0.3, 0.4) is 0 Å². The van der Waals surface area contributed by atoms with Gasteiger partial charge in [0, 0.05) is 18.8 Å². The fourth-order valence-electron chi connectivity index (χ4n) is 2.43. The van der Waals surface area contributed by atoms with Gasteiger partial charge in [-0.25, -0.2) is 0 Å². The Hall–Kier alpha value is -1.73. The summed E-state index contributed by atoms with van der Waals surface area (Å²) < 4.78 is 5.08. The lowest BCUT2D eigenvalue weighted by Gasteiger charge is -2.19. The third-order valence-corrected chi connectivity index (χ3v) is 5.79. The van der Waals surface area contributed by atoms with Crippen LogP contribution in [0.1, 0.15) is 32.2 Å². The predicted molar refractivity (Wildman–Crippen MR) is 93.6 cm³/mol. The van der Waals surface area contributed by atoms with Crippen LogP contribution in [0.5, 0.6) is 0 Å². The maximum atomic E-state index is 12.7. The number of hydrogen-bond acceptors (Lipinski definition) is 5. The second kappa shape index (κ2) is 7.23. The molecule has 1 fully saturated rings. The van der Waals surface area contributed by atoms with Crippen LogP contribution in [-0.4, -0.2) is 41.3 Å². The van der Waals surface area contributed by atoms with Gasteiger partial charge in [0.15, 0.2) is 5.76 Å². The molecule has 5 nitrogen and oxygen atoms in total. The van der Waals surface area contributed by atoms with Crippen LogP contribution in [0.15, 0.2) is 28.9 Å². The standard InChI is InChI=1S/C16H18N2O3S2/c1-11-10-13(17-15(19)12-4-2-7-21-12)23-14(11)16(20)18-5-3-8-22-9-6-18/h2,4,7,10H,3,5-6,8-9H2,1H3,(H,17,19). The molecule has 1 N–H and O–H groups in total. The molecule has 7 heteroatoms. The van der Waals surface area contributed by atoms with Gasteiger partial charge in [-0.2, -0.15) is 11.8 Å². The molecule has 0 aliphatic carbocycles. The molecule has 0 radical (unpaired) electrons. The fourth-order valence-corrected chi connectivity index (χ4v) is 4.35. The van der Waals surface area contributed by atoms with E-state index in [9.17, 15) is 9.59 Å². The number of carbonyl (C=O) groups is 2. The van der Waals surface area contributed by atoms with Gasteiger partial charge < -0.3 is 14.6 Å². The molecule has 122 valence electrons. The van der Waals surface area contributed by atoms with Gasteiger partial charge in [-0.3, -0.25) is 9.59 Å². The summed E-state index contributed by atoms with van der Waals surface area (Å²) in [6.07, 6.45) is 2.49. The molecule has 0 bridgehead atoms. The summed E-state index contributed by atoms with van der Waals surface area (Å²) in [5.74, 6) is 2.11. The number of furan rings is 1. The van der Waals surface area contributed by atoms with Gasteiger partial charge in [-0.1, -0.05) is 0 Å². The van der Waals surface area contributed by atoms with E-state index < -0.39 is 0 Å². The highest BCUT2D eigenvalue weighted by Gasteiger charge is 2.22. The van der Waals surface area contributed by atoms with Crippen molar-refractivity contribution >= 4 is 39.9 Å². The first-order valence-corrected chi connectivity index (χ1v) is 9.44. The number of nitrogens with one attached hydrogen (secondary N) is 1. The molecule has 0 atom stereocenters. The van der Waals surface area contributed by atoms with Crippen molar-refractivity contribution in [2.24, 2.45) is 0 Å².